The van der Waals surface area contributed by atoms with Gasteiger partial charge in [0, 0.05) is 50.0 Å². The Bertz CT molecular complexity index is 1310. The number of aryl methyl sites for hydroxylation is 1. The van der Waals surface area contributed by atoms with Gasteiger partial charge in [0.05, 0.1) is 47.4 Å². The number of carbonyl (C=O) groups excluding carboxylic acids is 1. The number of aromatic nitrogens is 3. The number of rotatable bonds is 8. The third kappa shape index (κ3) is 6.85. The molecule has 9 nitrogen and oxygen atoms in total. The summed E-state index contributed by atoms with van der Waals surface area (Å²) in [5.74, 6) is 6.66. The van der Waals surface area contributed by atoms with Crippen molar-refractivity contribution in [3.63, 3.8) is 0 Å². The molecule has 1 amide bonds. The van der Waals surface area contributed by atoms with Gasteiger partial charge in [-0.3, -0.25) is 9.69 Å². The molecule has 1 saturated heterocycles. The number of anilines is 1. The van der Waals surface area contributed by atoms with E-state index in [1.807, 2.05) is 24.0 Å². The van der Waals surface area contributed by atoms with Gasteiger partial charge in [-0.1, -0.05) is 36.4 Å². The van der Waals surface area contributed by atoms with E-state index < -0.39 is 0 Å². The maximum Gasteiger partial charge on any atom is 0.255 e. The number of piperazine rings is 1. The normalized spacial score (nSPS) is 13.7. The molecule has 2 aromatic heterocycles. The second kappa shape index (κ2) is 13.3. The van der Waals surface area contributed by atoms with Crippen LogP contribution in [0.25, 0.3) is 11.3 Å². The molecule has 3 aromatic rings. The molecule has 3 N–H and O–H groups in total. The Kier molecular flexibility index (Phi) is 9.62. The molecule has 0 saturated carbocycles. The molecular weight excluding hydrogens is 504 g/mol. The number of halogens is 1. The van der Waals surface area contributed by atoms with Crippen molar-refractivity contribution in [1.29, 1.82) is 0 Å². The highest BCUT2D eigenvalue weighted by molar-refractivity contribution is 6.34. The maximum atomic E-state index is 13.2. The summed E-state index contributed by atoms with van der Waals surface area (Å²) in [5, 5.41) is 9.18. The minimum atomic E-state index is -0.0921. The van der Waals surface area contributed by atoms with E-state index in [-0.39, 0.29) is 12.5 Å². The highest BCUT2D eigenvalue weighted by Crippen LogP contribution is 2.28. The average Bonchev–Trinajstić information content (AvgIpc) is 2.95. The van der Waals surface area contributed by atoms with Gasteiger partial charge >= 0.3 is 0 Å². The largest absolute Gasteiger partial charge is 0.394 e. The molecular formula is C28H31ClN6O3. The fraction of sp³-hybridized carbons (Fsp3) is 0.357. The Morgan fingerprint density at radius 1 is 1.11 bits per heavy atom. The van der Waals surface area contributed by atoms with E-state index in [0.29, 0.717) is 60.4 Å². The Balaban J connectivity index is 1.50. The van der Waals surface area contributed by atoms with E-state index in [2.05, 4.69) is 31.7 Å². The van der Waals surface area contributed by atoms with Crippen molar-refractivity contribution in [2.24, 2.45) is 0 Å². The summed E-state index contributed by atoms with van der Waals surface area (Å²) in [6.45, 7) is 6.46. The van der Waals surface area contributed by atoms with Crippen LogP contribution in [0, 0.1) is 11.8 Å². The minimum absolute atomic E-state index is 0.0227. The predicted octanol–water partition coefficient (Wildman–Crippen LogP) is 2.50. The zero-order valence-corrected chi connectivity index (χ0v) is 22.1. The number of hydrogen-bond donors (Lipinski definition) is 2. The zero-order valence-electron chi connectivity index (χ0n) is 21.4. The molecule has 1 aliphatic heterocycles. The van der Waals surface area contributed by atoms with Crippen LogP contribution < -0.4 is 5.73 Å². The topological polar surface area (TPSA) is 118 Å². The summed E-state index contributed by atoms with van der Waals surface area (Å²) in [7, 11) is 0. The van der Waals surface area contributed by atoms with Crippen molar-refractivity contribution in [3.8, 4) is 23.1 Å². The van der Waals surface area contributed by atoms with E-state index in [4.69, 9.17) is 27.2 Å². The number of nitrogen functional groups attached to an aromatic ring is 1. The van der Waals surface area contributed by atoms with E-state index in [0.717, 1.165) is 36.5 Å². The summed E-state index contributed by atoms with van der Waals surface area (Å²) in [6.07, 6.45) is 3.83. The molecule has 0 radical (unpaired) electrons. The summed E-state index contributed by atoms with van der Waals surface area (Å²) >= 11 is 6.64. The number of benzene rings is 1. The molecule has 10 heteroatoms. The molecule has 3 heterocycles. The van der Waals surface area contributed by atoms with Crippen LogP contribution in [0.15, 0.2) is 42.9 Å². The van der Waals surface area contributed by atoms with Crippen LogP contribution in [0.2, 0.25) is 5.02 Å². The fourth-order valence-corrected chi connectivity index (χ4v) is 4.46. The van der Waals surface area contributed by atoms with Gasteiger partial charge in [0.15, 0.2) is 0 Å². The molecule has 1 fully saturated rings. The van der Waals surface area contributed by atoms with Gasteiger partial charge in [-0.25, -0.2) is 15.0 Å². The molecule has 0 spiro atoms. The number of aliphatic hydroxyl groups is 1. The molecule has 0 atom stereocenters. The highest BCUT2D eigenvalue weighted by Gasteiger charge is 2.24. The summed E-state index contributed by atoms with van der Waals surface area (Å²) in [4.78, 5) is 30.3. The molecule has 4 rings (SSSR count). The number of ether oxygens (including phenoxy) is 1. The van der Waals surface area contributed by atoms with Crippen molar-refractivity contribution in [2.45, 2.75) is 13.3 Å². The van der Waals surface area contributed by atoms with Crippen molar-refractivity contribution < 1.29 is 14.6 Å². The van der Waals surface area contributed by atoms with Gasteiger partial charge < -0.3 is 20.5 Å². The number of aliphatic hydroxyl groups excluding tert-OH is 1. The standard InChI is InChI=1S/C28H31ClN6O3/c1-2-25-23(6-3-20-4-8-26(30)31-18-20)27(33-19-32-25)21-5-7-22(24(29)17-21)28(37)35-11-9-34(10-12-35)13-15-38-16-14-36/h4-5,7-8,17-19,36H,2,9-16H2,1H3,(H2,30,31). The van der Waals surface area contributed by atoms with Gasteiger partial charge in [-0.2, -0.15) is 0 Å². The Morgan fingerprint density at radius 3 is 2.61 bits per heavy atom. The molecule has 198 valence electrons. The summed E-state index contributed by atoms with van der Waals surface area (Å²) in [6, 6.07) is 8.89. The first-order chi connectivity index (χ1) is 18.5. The molecule has 1 aliphatic rings. The number of amides is 1. The first-order valence-electron chi connectivity index (χ1n) is 12.6. The van der Waals surface area contributed by atoms with Gasteiger partial charge in [0.2, 0.25) is 0 Å². The molecule has 38 heavy (non-hydrogen) atoms. The highest BCUT2D eigenvalue weighted by atomic mass is 35.5. The summed E-state index contributed by atoms with van der Waals surface area (Å²) < 4.78 is 5.34. The van der Waals surface area contributed by atoms with Crippen LogP contribution in [-0.2, 0) is 11.2 Å². The van der Waals surface area contributed by atoms with Crippen LogP contribution in [0.1, 0.15) is 34.1 Å². The number of nitrogens with zero attached hydrogens (tertiary/aromatic N) is 5. The smallest absolute Gasteiger partial charge is 0.255 e. The minimum Gasteiger partial charge on any atom is -0.394 e. The number of carbonyl (C=O) groups is 1. The average molecular weight is 535 g/mol. The maximum absolute atomic E-state index is 13.2. The van der Waals surface area contributed by atoms with Gasteiger partial charge in [0.25, 0.3) is 5.91 Å². The van der Waals surface area contributed by atoms with Crippen LogP contribution in [-0.4, -0.2) is 88.3 Å². The monoisotopic (exact) mass is 534 g/mol. The third-order valence-electron chi connectivity index (χ3n) is 6.30. The molecule has 0 unspecified atom stereocenters. The van der Waals surface area contributed by atoms with Gasteiger partial charge in [-0.05, 0) is 30.7 Å². The fourth-order valence-electron chi connectivity index (χ4n) is 4.20. The predicted molar refractivity (Wildman–Crippen MR) is 147 cm³/mol. The Labute approximate surface area is 227 Å². The quantitative estimate of drug-likeness (QED) is 0.334. The summed E-state index contributed by atoms with van der Waals surface area (Å²) in [5.41, 5.74) is 9.81. The number of hydrogen-bond acceptors (Lipinski definition) is 8. The van der Waals surface area contributed by atoms with Crippen LogP contribution in [0.4, 0.5) is 5.82 Å². The van der Waals surface area contributed by atoms with E-state index in [1.54, 1.807) is 24.4 Å². The van der Waals surface area contributed by atoms with Crippen LogP contribution >= 0.6 is 11.6 Å². The zero-order chi connectivity index (χ0) is 26.9. The lowest BCUT2D eigenvalue weighted by atomic mass is 10.0. The SMILES string of the molecule is CCc1ncnc(-c2ccc(C(=O)N3CCN(CCOCCO)CC3)c(Cl)c2)c1C#Cc1ccc(N)nc1. The molecule has 0 aliphatic carbocycles. The van der Waals surface area contributed by atoms with Crippen molar-refractivity contribution in [3.05, 3.63) is 70.3 Å². The number of nitrogens with two attached hydrogens (primary N) is 1. The van der Waals surface area contributed by atoms with Crippen molar-refractivity contribution >= 4 is 23.3 Å². The first-order valence-corrected chi connectivity index (χ1v) is 13.0. The number of pyridine rings is 1. The van der Waals surface area contributed by atoms with Gasteiger partial charge in [0.1, 0.15) is 12.1 Å². The molecule has 0 bridgehead atoms. The van der Waals surface area contributed by atoms with Crippen molar-refractivity contribution in [2.75, 3.05) is 58.3 Å². The Morgan fingerprint density at radius 2 is 1.92 bits per heavy atom. The lowest BCUT2D eigenvalue weighted by Crippen LogP contribution is -2.49. The van der Waals surface area contributed by atoms with Crippen molar-refractivity contribution in [1.82, 2.24) is 24.8 Å². The van der Waals surface area contributed by atoms with E-state index >= 15 is 0 Å². The second-order valence-corrected chi connectivity index (χ2v) is 9.19. The lowest BCUT2D eigenvalue weighted by molar-refractivity contribution is 0.0486. The Hall–Kier alpha value is -3.55. The second-order valence-electron chi connectivity index (χ2n) is 8.78. The van der Waals surface area contributed by atoms with Crippen LogP contribution in [0.3, 0.4) is 0 Å². The third-order valence-corrected chi connectivity index (χ3v) is 6.61. The first kappa shape index (κ1) is 27.5. The lowest BCUT2D eigenvalue weighted by Gasteiger charge is -2.34. The van der Waals surface area contributed by atoms with Gasteiger partial charge in [-0.15, -0.1) is 0 Å². The van der Waals surface area contributed by atoms with E-state index in [1.165, 1.54) is 6.33 Å². The molecule has 1 aromatic carbocycles. The van der Waals surface area contributed by atoms with Crippen LogP contribution in [0.5, 0.6) is 0 Å². The van der Waals surface area contributed by atoms with E-state index in [9.17, 15) is 4.79 Å².